The molecule has 6 nitrogen and oxygen atoms in total. The van der Waals surface area contributed by atoms with Crippen molar-refractivity contribution in [3.05, 3.63) is 35.5 Å². The van der Waals surface area contributed by atoms with Gasteiger partial charge in [-0.2, -0.15) is 0 Å². The van der Waals surface area contributed by atoms with Crippen LogP contribution in [-0.4, -0.2) is 35.3 Å². The van der Waals surface area contributed by atoms with Gasteiger partial charge in [0.2, 0.25) is 0 Å². The number of aromatic nitrogens is 1. The first kappa shape index (κ1) is 16.4. The average molecular weight is 329 g/mol. The summed E-state index contributed by atoms with van der Waals surface area (Å²) in [7, 11) is 0. The van der Waals surface area contributed by atoms with Crippen molar-refractivity contribution in [1.82, 2.24) is 15.2 Å². The molecule has 1 aromatic heterocycles. The molecule has 1 aliphatic rings. The van der Waals surface area contributed by atoms with Crippen LogP contribution in [0.5, 0.6) is 0 Å². The van der Waals surface area contributed by atoms with E-state index < -0.39 is 11.7 Å². The number of carbonyl (C=O) groups is 2. The van der Waals surface area contributed by atoms with E-state index in [0.717, 1.165) is 28.6 Å². The van der Waals surface area contributed by atoms with Gasteiger partial charge in [-0.25, -0.2) is 4.79 Å². The predicted molar refractivity (Wildman–Crippen MR) is 92.2 cm³/mol. The normalized spacial score (nSPS) is 14.2. The van der Waals surface area contributed by atoms with E-state index in [1.54, 1.807) is 0 Å². The van der Waals surface area contributed by atoms with E-state index in [0.29, 0.717) is 19.6 Å². The Kier molecular flexibility index (Phi) is 4.22. The lowest BCUT2D eigenvalue weighted by Gasteiger charge is -2.20. The van der Waals surface area contributed by atoms with E-state index in [2.05, 4.69) is 15.2 Å². The Morgan fingerprint density at radius 3 is 2.83 bits per heavy atom. The number of carbonyl (C=O) groups excluding carboxylic acids is 2. The number of rotatable bonds is 3. The molecule has 0 bridgehead atoms. The topological polar surface area (TPSA) is 72.4 Å². The van der Waals surface area contributed by atoms with E-state index in [1.807, 2.05) is 45.0 Å². The lowest BCUT2D eigenvalue weighted by Crippen LogP contribution is -2.35. The van der Waals surface area contributed by atoms with Gasteiger partial charge in [0.25, 0.3) is 5.91 Å². The maximum atomic E-state index is 12.2. The molecule has 2 amide bonds. The Bertz CT molecular complexity index is 787. The van der Waals surface area contributed by atoms with E-state index in [4.69, 9.17) is 4.74 Å². The molecule has 0 spiro atoms. The number of benzene rings is 1. The maximum Gasteiger partial charge on any atom is 0.407 e. The van der Waals surface area contributed by atoms with Gasteiger partial charge in [0, 0.05) is 42.7 Å². The summed E-state index contributed by atoms with van der Waals surface area (Å²) in [5.74, 6) is -0.0219. The number of para-hydroxylation sites is 1. The predicted octanol–water partition coefficient (Wildman–Crippen LogP) is 2.45. The summed E-state index contributed by atoms with van der Waals surface area (Å²) in [6.07, 6.45) is 0.368. The zero-order valence-corrected chi connectivity index (χ0v) is 14.3. The summed E-state index contributed by atoms with van der Waals surface area (Å²) >= 11 is 0. The lowest BCUT2D eigenvalue weighted by atomic mass is 10.1. The summed E-state index contributed by atoms with van der Waals surface area (Å²) in [6.45, 7) is 7.19. The van der Waals surface area contributed by atoms with Gasteiger partial charge < -0.3 is 19.9 Å². The molecule has 0 saturated heterocycles. The SMILES string of the molecule is CC(C)(C)OC(=O)NCCn1c2c(c3ccccc31)C(=O)NCC2. The lowest BCUT2D eigenvalue weighted by molar-refractivity contribution is 0.0525. The summed E-state index contributed by atoms with van der Waals surface area (Å²) in [5.41, 5.74) is 2.30. The second-order valence-electron chi connectivity index (χ2n) is 6.93. The standard InChI is InChI=1S/C18H23N3O3/c1-18(2,3)24-17(23)20-10-11-21-13-7-5-4-6-12(13)15-14(21)8-9-19-16(15)22/h4-7H,8-11H2,1-3H3,(H,19,22)(H,20,23). The Balaban J connectivity index is 1.80. The fraction of sp³-hybridized carbons (Fsp3) is 0.444. The minimum Gasteiger partial charge on any atom is -0.444 e. The van der Waals surface area contributed by atoms with Crippen LogP contribution in [0.25, 0.3) is 10.9 Å². The molecular formula is C18H23N3O3. The van der Waals surface area contributed by atoms with E-state index in [9.17, 15) is 9.59 Å². The number of ether oxygens (including phenoxy) is 1. The molecular weight excluding hydrogens is 306 g/mol. The molecule has 3 rings (SSSR count). The van der Waals surface area contributed by atoms with E-state index in [1.165, 1.54) is 0 Å². The van der Waals surface area contributed by atoms with Gasteiger partial charge in [-0.05, 0) is 26.8 Å². The molecule has 128 valence electrons. The van der Waals surface area contributed by atoms with Crippen molar-refractivity contribution in [3.8, 4) is 0 Å². The first-order valence-corrected chi connectivity index (χ1v) is 8.22. The van der Waals surface area contributed by atoms with Crippen molar-refractivity contribution in [1.29, 1.82) is 0 Å². The van der Waals surface area contributed by atoms with Crippen LogP contribution in [0.2, 0.25) is 0 Å². The number of amides is 2. The number of nitrogens with one attached hydrogen (secondary N) is 2. The van der Waals surface area contributed by atoms with Crippen LogP contribution in [0.15, 0.2) is 24.3 Å². The van der Waals surface area contributed by atoms with Gasteiger partial charge in [-0.15, -0.1) is 0 Å². The Labute approximate surface area is 141 Å². The molecule has 0 atom stereocenters. The molecule has 0 saturated carbocycles. The van der Waals surface area contributed by atoms with E-state index >= 15 is 0 Å². The molecule has 0 fully saturated rings. The van der Waals surface area contributed by atoms with Crippen LogP contribution in [0, 0.1) is 0 Å². The molecule has 0 radical (unpaired) electrons. The third-order valence-electron chi connectivity index (χ3n) is 3.96. The van der Waals surface area contributed by atoms with Gasteiger partial charge in [0.05, 0.1) is 5.56 Å². The zero-order chi connectivity index (χ0) is 17.3. The first-order valence-electron chi connectivity index (χ1n) is 8.22. The highest BCUT2D eigenvalue weighted by Crippen LogP contribution is 2.28. The van der Waals surface area contributed by atoms with Gasteiger partial charge in [0.15, 0.2) is 0 Å². The van der Waals surface area contributed by atoms with Gasteiger partial charge in [-0.3, -0.25) is 4.79 Å². The van der Waals surface area contributed by atoms with Gasteiger partial charge in [0.1, 0.15) is 5.60 Å². The summed E-state index contributed by atoms with van der Waals surface area (Å²) < 4.78 is 7.38. The number of nitrogens with zero attached hydrogens (tertiary/aromatic N) is 1. The molecule has 0 unspecified atom stereocenters. The molecule has 0 aliphatic carbocycles. The van der Waals surface area contributed by atoms with Crippen LogP contribution in [0.4, 0.5) is 4.79 Å². The average Bonchev–Trinajstić information content (AvgIpc) is 2.81. The van der Waals surface area contributed by atoms with Crippen LogP contribution in [-0.2, 0) is 17.7 Å². The first-order chi connectivity index (χ1) is 11.4. The Morgan fingerprint density at radius 1 is 1.33 bits per heavy atom. The maximum absolute atomic E-state index is 12.2. The van der Waals surface area contributed by atoms with E-state index in [-0.39, 0.29) is 5.91 Å². The highest BCUT2D eigenvalue weighted by molar-refractivity contribution is 6.09. The third-order valence-corrected chi connectivity index (χ3v) is 3.96. The van der Waals surface area contributed by atoms with Crippen molar-refractivity contribution >= 4 is 22.9 Å². The largest absolute Gasteiger partial charge is 0.444 e. The molecule has 2 N–H and O–H groups in total. The second-order valence-corrected chi connectivity index (χ2v) is 6.93. The zero-order valence-electron chi connectivity index (χ0n) is 14.3. The van der Waals surface area contributed by atoms with Gasteiger partial charge in [-0.1, -0.05) is 18.2 Å². The fourth-order valence-corrected chi connectivity index (χ4v) is 3.09. The molecule has 2 aromatic rings. The third kappa shape index (κ3) is 3.22. The van der Waals surface area contributed by atoms with Crippen molar-refractivity contribution in [2.45, 2.75) is 39.3 Å². The molecule has 1 aromatic carbocycles. The number of hydrogen-bond donors (Lipinski definition) is 2. The Hall–Kier alpha value is -2.50. The van der Waals surface area contributed by atoms with Crippen molar-refractivity contribution in [2.24, 2.45) is 0 Å². The fourth-order valence-electron chi connectivity index (χ4n) is 3.09. The van der Waals surface area contributed by atoms with Crippen molar-refractivity contribution in [3.63, 3.8) is 0 Å². The minimum absolute atomic E-state index is 0.0219. The van der Waals surface area contributed by atoms with Crippen molar-refractivity contribution in [2.75, 3.05) is 13.1 Å². The number of fused-ring (bicyclic) bond motifs is 3. The van der Waals surface area contributed by atoms with Crippen LogP contribution < -0.4 is 10.6 Å². The number of alkyl carbamates (subject to hydrolysis) is 1. The van der Waals surface area contributed by atoms with Crippen LogP contribution in [0.3, 0.4) is 0 Å². The quantitative estimate of drug-likeness (QED) is 0.908. The highest BCUT2D eigenvalue weighted by Gasteiger charge is 2.25. The monoisotopic (exact) mass is 329 g/mol. The summed E-state index contributed by atoms with van der Waals surface area (Å²) in [5, 5.41) is 6.64. The molecule has 1 aliphatic heterocycles. The van der Waals surface area contributed by atoms with Crippen LogP contribution >= 0.6 is 0 Å². The van der Waals surface area contributed by atoms with Gasteiger partial charge >= 0.3 is 6.09 Å². The summed E-state index contributed by atoms with van der Waals surface area (Å²) in [4.78, 5) is 24.0. The summed E-state index contributed by atoms with van der Waals surface area (Å²) in [6, 6.07) is 7.88. The molecule has 2 heterocycles. The number of hydrogen-bond acceptors (Lipinski definition) is 3. The Morgan fingerprint density at radius 2 is 2.08 bits per heavy atom. The van der Waals surface area contributed by atoms with Crippen molar-refractivity contribution < 1.29 is 14.3 Å². The molecule has 24 heavy (non-hydrogen) atoms. The highest BCUT2D eigenvalue weighted by atomic mass is 16.6. The van der Waals surface area contributed by atoms with Crippen LogP contribution in [0.1, 0.15) is 36.8 Å². The second kappa shape index (κ2) is 6.19. The smallest absolute Gasteiger partial charge is 0.407 e. The molecule has 6 heteroatoms. The minimum atomic E-state index is -0.512.